The van der Waals surface area contributed by atoms with Crippen molar-refractivity contribution in [1.82, 2.24) is 15.0 Å². The largest absolute Gasteiger partial charge is 0.490 e. The number of nitrogens with zero attached hydrogens (tertiary/aromatic N) is 3. The van der Waals surface area contributed by atoms with Gasteiger partial charge in [0.1, 0.15) is 17.6 Å². The van der Waals surface area contributed by atoms with Crippen LogP contribution in [0.15, 0.2) is 34.9 Å². The summed E-state index contributed by atoms with van der Waals surface area (Å²) in [6.07, 6.45) is 1.97. The molecule has 0 bridgehead atoms. The van der Waals surface area contributed by atoms with Crippen LogP contribution < -0.4 is 4.74 Å². The van der Waals surface area contributed by atoms with Gasteiger partial charge in [-0.1, -0.05) is 23.4 Å². The maximum absolute atomic E-state index is 13.0. The van der Waals surface area contributed by atoms with Gasteiger partial charge in [-0.25, -0.2) is 0 Å². The number of ether oxygens (including phenoxy) is 2. The lowest BCUT2D eigenvalue weighted by Crippen LogP contribution is -2.50. The average molecular weight is 456 g/mol. The van der Waals surface area contributed by atoms with Crippen molar-refractivity contribution < 1.29 is 23.6 Å². The van der Waals surface area contributed by atoms with Gasteiger partial charge in [-0.2, -0.15) is 0 Å². The first kappa shape index (κ1) is 23.3. The van der Waals surface area contributed by atoms with Crippen molar-refractivity contribution in [3.05, 3.63) is 47.3 Å². The minimum Gasteiger partial charge on any atom is -0.490 e. The van der Waals surface area contributed by atoms with Gasteiger partial charge in [0.25, 0.3) is 0 Å². The lowest BCUT2D eigenvalue weighted by molar-refractivity contribution is -0.141. The molecule has 0 radical (unpaired) electrons. The van der Waals surface area contributed by atoms with Crippen LogP contribution in [0.1, 0.15) is 36.3 Å². The number of aromatic nitrogens is 1. The van der Waals surface area contributed by atoms with Gasteiger partial charge in [0.2, 0.25) is 11.8 Å². The van der Waals surface area contributed by atoms with Crippen molar-refractivity contribution in [1.29, 1.82) is 0 Å². The molecule has 0 unspecified atom stereocenters. The molecule has 33 heavy (non-hydrogen) atoms. The fourth-order valence-electron chi connectivity index (χ4n) is 4.68. The van der Waals surface area contributed by atoms with Gasteiger partial charge >= 0.3 is 0 Å². The number of piperidine rings is 1. The monoisotopic (exact) mass is 455 g/mol. The first-order valence-corrected chi connectivity index (χ1v) is 11.8. The van der Waals surface area contributed by atoms with E-state index in [0.717, 1.165) is 22.8 Å². The number of hydrogen-bond acceptors (Lipinski definition) is 6. The molecule has 3 heterocycles. The molecule has 8 heteroatoms. The van der Waals surface area contributed by atoms with Crippen LogP contribution in [0.5, 0.6) is 5.75 Å². The molecule has 1 aromatic carbocycles. The maximum Gasteiger partial charge on any atom is 0.223 e. The van der Waals surface area contributed by atoms with Gasteiger partial charge in [0.15, 0.2) is 0 Å². The van der Waals surface area contributed by atoms with E-state index in [0.29, 0.717) is 65.1 Å². The van der Waals surface area contributed by atoms with Crippen molar-refractivity contribution in [2.45, 2.75) is 45.6 Å². The van der Waals surface area contributed by atoms with Crippen LogP contribution >= 0.6 is 0 Å². The lowest BCUT2D eigenvalue weighted by Gasteiger charge is -2.39. The molecule has 1 aromatic heterocycles. The summed E-state index contributed by atoms with van der Waals surface area (Å²) in [6, 6.07) is 9.70. The highest BCUT2D eigenvalue weighted by molar-refractivity contribution is 5.78. The smallest absolute Gasteiger partial charge is 0.223 e. The normalized spacial score (nSPS) is 21.2. The number of hydrogen-bond donors (Lipinski definition) is 0. The summed E-state index contributed by atoms with van der Waals surface area (Å²) >= 11 is 0. The van der Waals surface area contributed by atoms with E-state index >= 15 is 0 Å². The van der Waals surface area contributed by atoms with Crippen molar-refractivity contribution in [2.24, 2.45) is 5.92 Å². The highest BCUT2D eigenvalue weighted by atomic mass is 16.5. The fourth-order valence-corrected chi connectivity index (χ4v) is 4.68. The van der Waals surface area contributed by atoms with E-state index in [1.165, 1.54) is 0 Å². The molecule has 2 aromatic rings. The number of aryl methyl sites for hydroxylation is 2. The molecule has 2 saturated heterocycles. The van der Waals surface area contributed by atoms with Gasteiger partial charge in [0.05, 0.1) is 18.9 Å². The highest BCUT2D eigenvalue weighted by Crippen LogP contribution is 2.27. The Morgan fingerprint density at radius 3 is 2.52 bits per heavy atom. The van der Waals surface area contributed by atoms with Crippen LogP contribution in [-0.4, -0.2) is 72.3 Å². The molecule has 0 N–H and O–H groups in total. The minimum atomic E-state index is -0.107. The summed E-state index contributed by atoms with van der Waals surface area (Å²) in [4.78, 5) is 29.8. The van der Waals surface area contributed by atoms with E-state index in [1.54, 1.807) is 0 Å². The molecule has 2 aliphatic heterocycles. The molecule has 178 valence electrons. The first-order valence-electron chi connectivity index (χ1n) is 11.8. The molecule has 2 aliphatic rings. The number of carbonyl (C=O) groups excluding carboxylic acids is 2. The van der Waals surface area contributed by atoms with E-state index in [2.05, 4.69) is 5.16 Å². The Morgan fingerprint density at radius 1 is 1.06 bits per heavy atom. The summed E-state index contributed by atoms with van der Waals surface area (Å²) in [6.45, 7) is 7.31. The minimum absolute atomic E-state index is 0.0580. The third-order valence-electron chi connectivity index (χ3n) is 6.62. The van der Waals surface area contributed by atoms with Crippen molar-refractivity contribution in [2.75, 3.05) is 39.4 Å². The summed E-state index contributed by atoms with van der Waals surface area (Å²) in [5.74, 6) is 1.71. The van der Waals surface area contributed by atoms with E-state index in [4.69, 9.17) is 14.0 Å². The van der Waals surface area contributed by atoms with Crippen LogP contribution in [-0.2, 0) is 20.7 Å². The zero-order valence-electron chi connectivity index (χ0n) is 19.5. The van der Waals surface area contributed by atoms with Gasteiger partial charge in [-0.15, -0.1) is 0 Å². The van der Waals surface area contributed by atoms with E-state index in [1.807, 2.05) is 54.0 Å². The van der Waals surface area contributed by atoms with Crippen molar-refractivity contribution in [3.63, 3.8) is 0 Å². The Hall–Kier alpha value is -2.87. The predicted octanol–water partition coefficient (Wildman–Crippen LogP) is 2.77. The van der Waals surface area contributed by atoms with Crippen LogP contribution in [0.4, 0.5) is 0 Å². The Bertz CT molecular complexity index is 919. The number of rotatable bonds is 7. The standard InChI is InChI=1S/C25H33N3O5/c1-18-22(19(2)33-26-18)8-9-24(29)28-11-10-23(32-21-6-4-3-5-7-21)20(17-28)16-25(30)27-12-14-31-15-13-27/h3-7,20,23H,8-17H2,1-2H3/t20-,23-/m0/s1. The molecule has 2 atom stereocenters. The Morgan fingerprint density at radius 2 is 1.82 bits per heavy atom. The van der Waals surface area contributed by atoms with Crippen molar-refractivity contribution in [3.8, 4) is 5.75 Å². The number of amides is 2. The second-order valence-electron chi connectivity index (χ2n) is 8.86. The second kappa shape index (κ2) is 10.8. The van der Waals surface area contributed by atoms with Gasteiger partial charge in [0, 0.05) is 56.9 Å². The third-order valence-corrected chi connectivity index (χ3v) is 6.62. The van der Waals surface area contributed by atoms with Crippen LogP contribution in [0, 0.1) is 19.8 Å². The molecule has 2 amide bonds. The quantitative estimate of drug-likeness (QED) is 0.638. The highest BCUT2D eigenvalue weighted by Gasteiger charge is 2.35. The second-order valence-corrected chi connectivity index (χ2v) is 8.86. The number of likely N-dealkylation sites (tertiary alicyclic amines) is 1. The third kappa shape index (κ3) is 5.93. The molecule has 0 saturated carbocycles. The number of benzene rings is 1. The maximum atomic E-state index is 13.0. The van der Waals surface area contributed by atoms with E-state index < -0.39 is 0 Å². The molecule has 2 fully saturated rings. The number of morpholine rings is 1. The molecule has 4 rings (SSSR count). The Labute approximate surface area is 194 Å². The van der Waals surface area contributed by atoms with Crippen LogP contribution in [0.2, 0.25) is 0 Å². The molecule has 0 aliphatic carbocycles. The Kier molecular flexibility index (Phi) is 7.65. The lowest BCUT2D eigenvalue weighted by atomic mass is 9.90. The van der Waals surface area contributed by atoms with Gasteiger partial charge in [-0.05, 0) is 32.4 Å². The van der Waals surface area contributed by atoms with Gasteiger partial charge in [-0.3, -0.25) is 9.59 Å². The number of para-hydroxylation sites is 1. The Balaban J connectivity index is 1.41. The molecule has 8 nitrogen and oxygen atoms in total. The summed E-state index contributed by atoms with van der Waals surface area (Å²) in [7, 11) is 0. The zero-order chi connectivity index (χ0) is 23.2. The van der Waals surface area contributed by atoms with Gasteiger partial charge < -0.3 is 23.8 Å². The topological polar surface area (TPSA) is 85.1 Å². The van der Waals surface area contributed by atoms with Crippen LogP contribution in [0.3, 0.4) is 0 Å². The number of carbonyl (C=O) groups is 2. The fraction of sp³-hybridized carbons (Fsp3) is 0.560. The molecule has 0 spiro atoms. The molecular weight excluding hydrogens is 422 g/mol. The summed E-state index contributed by atoms with van der Waals surface area (Å²) in [5, 5.41) is 3.98. The summed E-state index contributed by atoms with van der Waals surface area (Å²) in [5.41, 5.74) is 1.84. The SMILES string of the molecule is Cc1noc(C)c1CCC(=O)N1CC[C@H](Oc2ccccc2)[C@@H](CC(=O)N2CCOCC2)C1. The zero-order valence-corrected chi connectivity index (χ0v) is 19.5. The van der Waals surface area contributed by atoms with Crippen LogP contribution in [0.25, 0.3) is 0 Å². The first-order chi connectivity index (χ1) is 16.0. The molecular formula is C25H33N3O5. The predicted molar refractivity (Wildman–Crippen MR) is 122 cm³/mol. The average Bonchev–Trinajstić information content (AvgIpc) is 3.16. The van der Waals surface area contributed by atoms with E-state index in [9.17, 15) is 9.59 Å². The summed E-state index contributed by atoms with van der Waals surface area (Å²) < 4.78 is 16.9. The van der Waals surface area contributed by atoms with E-state index in [-0.39, 0.29) is 23.8 Å². The van der Waals surface area contributed by atoms with Crippen molar-refractivity contribution >= 4 is 11.8 Å².